The molecular formula is C20H20ClN3OS. The molecule has 0 amide bonds. The molecule has 0 saturated heterocycles. The van der Waals surface area contributed by atoms with E-state index in [2.05, 4.69) is 24.0 Å². The molecule has 6 heteroatoms. The van der Waals surface area contributed by atoms with Crippen molar-refractivity contribution in [3.8, 4) is 0 Å². The molecule has 2 aromatic rings. The first-order chi connectivity index (χ1) is 12.5. The maximum atomic E-state index is 12.6. The van der Waals surface area contributed by atoms with Gasteiger partial charge < -0.3 is 5.73 Å². The third kappa shape index (κ3) is 3.14. The molecule has 2 aliphatic rings. The summed E-state index contributed by atoms with van der Waals surface area (Å²) in [6.07, 6.45) is 4.00. The summed E-state index contributed by atoms with van der Waals surface area (Å²) in [5.41, 5.74) is 9.69. The molecule has 0 bridgehead atoms. The number of hydrogen-bond donors (Lipinski definition) is 1. The van der Waals surface area contributed by atoms with Gasteiger partial charge in [-0.3, -0.25) is 14.8 Å². The second-order valence-corrected chi connectivity index (χ2v) is 8.57. The third-order valence-electron chi connectivity index (χ3n) is 5.43. The van der Waals surface area contributed by atoms with Crippen LogP contribution in [-0.2, 0) is 18.4 Å². The molecule has 2 atom stereocenters. The van der Waals surface area contributed by atoms with Crippen LogP contribution in [0.3, 0.4) is 0 Å². The summed E-state index contributed by atoms with van der Waals surface area (Å²) in [6.45, 7) is 2.18. The van der Waals surface area contributed by atoms with Gasteiger partial charge in [-0.25, -0.2) is 0 Å². The molecule has 1 aliphatic heterocycles. The van der Waals surface area contributed by atoms with Crippen LogP contribution in [0.4, 0.5) is 0 Å². The third-order valence-corrected chi connectivity index (χ3v) is 6.61. The van der Waals surface area contributed by atoms with Gasteiger partial charge in [-0.2, -0.15) is 0 Å². The summed E-state index contributed by atoms with van der Waals surface area (Å²) >= 11 is 7.49. The molecule has 4 rings (SSSR count). The lowest BCUT2D eigenvalue weighted by atomic mass is 9.70. The van der Waals surface area contributed by atoms with Crippen molar-refractivity contribution in [3.05, 3.63) is 63.9 Å². The predicted molar refractivity (Wildman–Crippen MR) is 107 cm³/mol. The van der Waals surface area contributed by atoms with Crippen LogP contribution in [-0.4, -0.2) is 21.7 Å². The number of halogens is 1. The predicted octanol–water partition coefficient (Wildman–Crippen LogP) is 4.00. The topological polar surface area (TPSA) is 68.3 Å². The maximum Gasteiger partial charge on any atom is 0.185 e. The zero-order valence-electron chi connectivity index (χ0n) is 14.5. The van der Waals surface area contributed by atoms with Crippen LogP contribution >= 0.6 is 23.4 Å². The van der Waals surface area contributed by atoms with Crippen molar-refractivity contribution in [1.82, 2.24) is 4.98 Å². The Morgan fingerprint density at radius 1 is 1.38 bits per heavy atom. The normalized spacial score (nSPS) is 24.4. The average molecular weight is 386 g/mol. The van der Waals surface area contributed by atoms with Crippen LogP contribution in [0.5, 0.6) is 0 Å². The Hall–Kier alpha value is -1.85. The van der Waals surface area contributed by atoms with Crippen LogP contribution < -0.4 is 5.73 Å². The van der Waals surface area contributed by atoms with Crippen LogP contribution in [0.15, 0.2) is 41.5 Å². The molecule has 1 aliphatic carbocycles. The zero-order chi connectivity index (χ0) is 18.3. The monoisotopic (exact) mass is 385 g/mol. The first-order valence-corrected chi connectivity index (χ1v) is 10.1. The van der Waals surface area contributed by atoms with Crippen LogP contribution in [0, 0.1) is 5.92 Å². The van der Waals surface area contributed by atoms with Crippen molar-refractivity contribution < 1.29 is 4.79 Å². The molecule has 0 fully saturated rings. The number of benzene rings is 1. The summed E-state index contributed by atoms with van der Waals surface area (Å²) in [5.74, 6) is 1.47. The number of nitrogens with two attached hydrogens (primary N) is 1. The second-order valence-electron chi connectivity index (χ2n) is 7.10. The number of carbonyl (C=O) groups is 1. The van der Waals surface area contributed by atoms with E-state index in [1.165, 1.54) is 17.3 Å². The first-order valence-electron chi connectivity index (χ1n) is 8.71. The van der Waals surface area contributed by atoms with E-state index >= 15 is 0 Å². The Morgan fingerprint density at radius 2 is 2.23 bits per heavy atom. The largest absolute Gasteiger partial charge is 0.379 e. The van der Waals surface area contributed by atoms with E-state index < -0.39 is 0 Å². The molecular weight excluding hydrogens is 366 g/mol. The molecule has 0 radical (unpaired) electrons. The molecule has 26 heavy (non-hydrogen) atoms. The van der Waals surface area contributed by atoms with Crippen molar-refractivity contribution in [1.29, 1.82) is 0 Å². The van der Waals surface area contributed by atoms with Gasteiger partial charge >= 0.3 is 0 Å². The molecule has 4 nitrogen and oxygen atoms in total. The van der Waals surface area contributed by atoms with Crippen LogP contribution in [0.25, 0.3) is 0 Å². The fraction of sp³-hybridized carbons (Fsp3) is 0.350. The minimum absolute atomic E-state index is 0.0126. The van der Waals surface area contributed by atoms with Gasteiger partial charge in [-0.05, 0) is 54.5 Å². The van der Waals surface area contributed by atoms with Gasteiger partial charge in [-0.1, -0.05) is 41.6 Å². The molecule has 0 spiro atoms. The lowest BCUT2D eigenvalue weighted by Crippen LogP contribution is -2.41. The first kappa shape index (κ1) is 17.6. The van der Waals surface area contributed by atoms with E-state index in [0.717, 1.165) is 24.2 Å². The van der Waals surface area contributed by atoms with Gasteiger partial charge in [0.05, 0.1) is 10.6 Å². The molecule has 2 N–H and O–H groups in total. The van der Waals surface area contributed by atoms with Crippen LogP contribution in [0.1, 0.15) is 40.5 Å². The van der Waals surface area contributed by atoms with Crippen molar-refractivity contribution >= 4 is 34.3 Å². The lowest BCUT2D eigenvalue weighted by molar-refractivity contribution is 0.0988. The number of aryl methyl sites for hydroxylation is 1. The van der Waals surface area contributed by atoms with Crippen molar-refractivity contribution in [3.63, 3.8) is 0 Å². The van der Waals surface area contributed by atoms with Gasteiger partial charge in [0.25, 0.3) is 0 Å². The molecule has 0 saturated carbocycles. The summed E-state index contributed by atoms with van der Waals surface area (Å²) in [5, 5.41) is 1.18. The SMILES string of the molecule is C[C@@]12N=C(N)SC[C@@H]1CCc1ccc(CC(=O)c3ccc(Cl)cn3)cc12. The molecule has 1 aromatic heterocycles. The van der Waals surface area contributed by atoms with E-state index in [1.807, 2.05) is 6.07 Å². The molecule has 2 heterocycles. The van der Waals surface area contributed by atoms with E-state index in [4.69, 9.17) is 22.3 Å². The summed E-state index contributed by atoms with van der Waals surface area (Å²) in [7, 11) is 0. The molecule has 1 aromatic carbocycles. The molecule has 0 unspecified atom stereocenters. The fourth-order valence-corrected chi connectivity index (χ4v) is 5.14. The summed E-state index contributed by atoms with van der Waals surface area (Å²) in [4.78, 5) is 21.5. The molecule has 134 valence electrons. The van der Waals surface area contributed by atoms with Crippen molar-refractivity contribution in [2.45, 2.75) is 31.7 Å². The number of fused-ring (bicyclic) bond motifs is 3. The summed E-state index contributed by atoms with van der Waals surface area (Å²) < 4.78 is 0. The highest BCUT2D eigenvalue weighted by Crippen LogP contribution is 2.46. The Kier molecular flexibility index (Phi) is 4.53. The smallest absolute Gasteiger partial charge is 0.185 e. The van der Waals surface area contributed by atoms with Gasteiger partial charge in [-0.15, -0.1) is 0 Å². The lowest BCUT2D eigenvalue weighted by Gasteiger charge is -2.42. The summed E-state index contributed by atoms with van der Waals surface area (Å²) in [6, 6.07) is 9.69. The standard InChI is InChI=1S/C20H20ClN3OS/c1-20-14(11-26-19(22)24-20)5-4-13-3-2-12(8-16(13)20)9-18(25)17-7-6-15(21)10-23-17/h2-3,6-8,10,14H,4-5,9,11H2,1H3,(H2,22,24)/t14-,20+/m0/s1. The van der Waals surface area contributed by atoms with Gasteiger partial charge in [0, 0.05) is 18.4 Å². The van der Waals surface area contributed by atoms with E-state index in [-0.39, 0.29) is 11.3 Å². The van der Waals surface area contributed by atoms with Gasteiger partial charge in [0.1, 0.15) is 5.69 Å². The number of nitrogens with zero attached hydrogens (tertiary/aromatic N) is 2. The number of thioether (sulfide) groups is 1. The number of hydrogen-bond acceptors (Lipinski definition) is 5. The van der Waals surface area contributed by atoms with Gasteiger partial charge in [0.2, 0.25) is 0 Å². The van der Waals surface area contributed by atoms with E-state index in [1.54, 1.807) is 23.9 Å². The van der Waals surface area contributed by atoms with E-state index in [0.29, 0.717) is 28.2 Å². The Morgan fingerprint density at radius 3 is 3.00 bits per heavy atom. The number of pyridine rings is 1. The number of carbonyl (C=O) groups excluding carboxylic acids is 1. The number of aliphatic imine (C=N–C) groups is 1. The van der Waals surface area contributed by atoms with Crippen molar-refractivity contribution in [2.24, 2.45) is 16.6 Å². The average Bonchev–Trinajstić information content (AvgIpc) is 2.62. The minimum Gasteiger partial charge on any atom is -0.379 e. The highest BCUT2D eigenvalue weighted by atomic mass is 35.5. The quantitative estimate of drug-likeness (QED) is 0.811. The Bertz CT molecular complexity index is 896. The maximum absolute atomic E-state index is 12.6. The van der Waals surface area contributed by atoms with Gasteiger partial charge in [0.15, 0.2) is 11.0 Å². The Labute approximate surface area is 162 Å². The highest BCUT2D eigenvalue weighted by Gasteiger charge is 2.42. The second kappa shape index (κ2) is 6.71. The van der Waals surface area contributed by atoms with Crippen LogP contribution in [0.2, 0.25) is 5.02 Å². The highest BCUT2D eigenvalue weighted by molar-refractivity contribution is 8.13. The number of Topliss-reactive ketones (excluding diaryl/α,β-unsaturated/α-hetero) is 1. The van der Waals surface area contributed by atoms with Crippen molar-refractivity contribution in [2.75, 3.05) is 5.75 Å². The fourth-order valence-electron chi connectivity index (χ4n) is 3.91. The number of ketones is 1. The Balaban J connectivity index is 1.65. The number of rotatable bonds is 3. The number of aromatic nitrogens is 1. The van der Waals surface area contributed by atoms with E-state index in [9.17, 15) is 4.79 Å². The zero-order valence-corrected chi connectivity index (χ0v) is 16.1. The minimum atomic E-state index is -0.291. The number of amidine groups is 1.